The second kappa shape index (κ2) is 18.8. The van der Waals surface area contributed by atoms with Gasteiger partial charge in [-0.3, -0.25) is 19.8 Å². The van der Waals surface area contributed by atoms with E-state index in [-0.39, 0.29) is 18.2 Å². The Hall–Kier alpha value is -5.71. The first-order valence-corrected chi connectivity index (χ1v) is 24.7. The molecule has 1 amide bonds. The molecule has 3 saturated heterocycles. The first kappa shape index (κ1) is 47.9. The molecule has 364 valence electrons. The zero-order chi connectivity index (χ0) is 49.1. The molecular weight excluding hydrogens is 924 g/mol. The Morgan fingerprint density at radius 1 is 0.729 bits per heavy atom. The van der Waals surface area contributed by atoms with Crippen molar-refractivity contribution < 1.29 is 19.4 Å². The minimum absolute atomic E-state index is 0.0725. The largest absolute Gasteiger partial charge is 0.444 e. The van der Waals surface area contributed by atoms with Gasteiger partial charge in [0.15, 0.2) is 5.60 Å². The first-order valence-electron chi connectivity index (χ1n) is 23.9. The number of nitrogens with zero attached hydrogens (tertiary/aromatic N) is 10. The third kappa shape index (κ3) is 9.11. The van der Waals surface area contributed by atoms with Crippen molar-refractivity contribution in [3.8, 4) is 0 Å². The lowest BCUT2D eigenvalue weighted by Crippen LogP contribution is -2.51. The minimum atomic E-state index is -1.35. The summed E-state index contributed by atoms with van der Waals surface area (Å²) in [4.78, 5) is 40.1. The van der Waals surface area contributed by atoms with Crippen molar-refractivity contribution in [3.63, 3.8) is 0 Å². The zero-order valence-electron chi connectivity index (χ0n) is 40.8. The Labute approximate surface area is 419 Å². The van der Waals surface area contributed by atoms with E-state index in [9.17, 15) is 9.90 Å². The van der Waals surface area contributed by atoms with Crippen molar-refractivity contribution in [2.45, 2.75) is 56.6 Å². The molecule has 2 aliphatic carbocycles. The number of likely N-dealkylation sites (N-methyl/N-ethyl adjacent to an activating group) is 1. The van der Waals surface area contributed by atoms with Crippen LogP contribution in [0.15, 0.2) is 98.1 Å². The smallest absolute Gasteiger partial charge is 0.410 e. The molecule has 4 atom stereocenters. The van der Waals surface area contributed by atoms with Crippen molar-refractivity contribution in [2.24, 2.45) is 14.1 Å². The molecule has 70 heavy (non-hydrogen) atoms. The van der Waals surface area contributed by atoms with Crippen LogP contribution in [0.4, 0.5) is 4.79 Å². The van der Waals surface area contributed by atoms with Gasteiger partial charge in [0.25, 0.3) is 0 Å². The van der Waals surface area contributed by atoms with Crippen molar-refractivity contribution in [3.05, 3.63) is 164 Å². The molecular formula is C54H60Cl2N10O4. The standard InChI is InChI=1S/C29H34ClN5O3.C25H26ClN5O/c1-28(2,3)38-27(36)35-13-11-34(12-14-35)26-21-9-8-20(30)16-22(21)23(15-19-7-6-10-32-25(19)26)29(4,37)24-17-31-18-33(24)5;1-29-8-10-31(11-9-29)24-19-6-5-18(26)13-20(19)21(12-17-4-3-7-28-23(17)24)25(15-32-25)22-14-27-16-30(22)2/h6-10,15-18,26,37H,11-14H2,1-5H3;3-7,12-14,16,24H,8-11,15H2,1-2H3/t26-,29?;24-,25?/m00/s1. The summed E-state index contributed by atoms with van der Waals surface area (Å²) in [6.45, 7) is 14.5. The number of aryl methyl sites for hydroxylation is 2. The number of carbonyl (C=O) groups excluding carboxylic acids is 1. The number of pyridine rings is 2. The van der Waals surface area contributed by atoms with Crippen LogP contribution in [0.5, 0.6) is 0 Å². The molecule has 4 aromatic heterocycles. The van der Waals surface area contributed by atoms with E-state index in [1.54, 1.807) is 30.5 Å². The molecule has 6 aromatic rings. The SMILES string of the molecule is CN1CCN([C@H]2c3ccc(Cl)cc3C(C3(c4cncn4C)CO3)=Cc3cccnc32)CC1.Cn1cncc1C(C)(O)C1=Cc2cccnc2[C@@H](N2CCN(C(=O)OC(C)(C)C)CC2)c2ccc(Cl)cc21. The average molecular weight is 984 g/mol. The molecule has 3 aliphatic heterocycles. The molecule has 2 unspecified atom stereocenters. The Balaban J connectivity index is 0.000000164. The van der Waals surface area contributed by atoms with Crippen LogP contribution >= 0.6 is 23.2 Å². The van der Waals surface area contributed by atoms with E-state index in [1.165, 1.54) is 5.56 Å². The maximum Gasteiger partial charge on any atom is 0.410 e. The average Bonchev–Trinajstić information content (AvgIpc) is 3.89. The molecule has 5 aliphatic rings. The molecule has 0 saturated carbocycles. The monoisotopic (exact) mass is 982 g/mol. The van der Waals surface area contributed by atoms with Gasteiger partial charge in [-0.2, -0.15) is 0 Å². The fraction of sp³-hybridized carbons (Fsp3) is 0.389. The summed E-state index contributed by atoms with van der Waals surface area (Å²) < 4.78 is 15.7. The molecule has 2 aromatic carbocycles. The molecule has 14 nitrogen and oxygen atoms in total. The third-order valence-electron chi connectivity index (χ3n) is 14.2. The van der Waals surface area contributed by atoms with Crippen LogP contribution in [-0.4, -0.2) is 131 Å². The number of rotatable bonds is 6. The van der Waals surface area contributed by atoms with Crippen LogP contribution in [0, 0.1) is 0 Å². The Morgan fingerprint density at radius 2 is 1.27 bits per heavy atom. The van der Waals surface area contributed by atoms with Crippen LogP contribution in [0.3, 0.4) is 0 Å². The van der Waals surface area contributed by atoms with Gasteiger partial charge in [0, 0.05) is 94.5 Å². The molecule has 0 bridgehead atoms. The highest BCUT2D eigenvalue weighted by Gasteiger charge is 2.54. The summed E-state index contributed by atoms with van der Waals surface area (Å²) in [5, 5.41) is 13.3. The zero-order valence-corrected chi connectivity index (χ0v) is 42.3. The minimum Gasteiger partial charge on any atom is -0.444 e. The quantitative estimate of drug-likeness (QED) is 0.161. The molecule has 7 heterocycles. The van der Waals surface area contributed by atoms with Gasteiger partial charge in [-0.05, 0) is 122 Å². The van der Waals surface area contributed by atoms with Crippen molar-refractivity contribution in [2.75, 3.05) is 66.0 Å². The summed E-state index contributed by atoms with van der Waals surface area (Å²) in [7, 11) is 6.08. The summed E-state index contributed by atoms with van der Waals surface area (Å²) in [5.41, 5.74) is 9.47. The van der Waals surface area contributed by atoms with Gasteiger partial charge < -0.3 is 33.5 Å². The van der Waals surface area contributed by atoms with Crippen LogP contribution < -0.4 is 0 Å². The van der Waals surface area contributed by atoms with Gasteiger partial charge in [-0.25, -0.2) is 14.8 Å². The number of aliphatic hydroxyl groups is 1. The van der Waals surface area contributed by atoms with E-state index in [1.807, 2.05) is 111 Å². The number of aromatic nitrogens is 6. The first-order chi connectivity index (χ1) is 33.5. The van der Waals surface area contributed by atoms with E-state index in [2.05, 4.69) is 56.0 Å². The van der Waals surface area contributed by atoms with Gasteiger partial charge in [0.1, 0.15) is 11.2 Å². The topological polar surface area (TPSA) is 133 Å². The molecule has 11 rings (SSSR count). The lowest BCUT2D eigenvalue weighted by Gasteiger charge is -2.40. The third-order valence-corrected chi connectivity index (χ3v) is 14.7. The lowest BCUT2D eigenvalue weighted by atomic mass is 9.84. The van der Waals surface area contributed by atoms with Gasteiger partial charge in [0.05, 0.1) is 66.5 Å². The van der Waals surface area contributed by atoms with E-state index in [0.29, 0.717) is 43.5 Å². The van der Waals surface area contributed by atoms with Gasteiger partial charge >= 0.3 is 6.09 Å². The predicted octanol–water partition coefficient (Wildman–Crippen LogP) is 8.46. The highest BCUT2D eigenvalue weighted by molar-refractivity contribution is 6.31. The normalized spacial score (nSPS) is 22.3. The maximum atomic E-state index is 12.7. The van der Waals surface area contributed by atoms with E-state index in [0.717, 1.165) is 87.2 Å². The highest BCUT2D eigenvalue weighted by Crippen LogP contribution is 2.54. The summed E-state index contributed by atoms with van der Waals surface area (Å²) >= 11 is 13.1. The van der Waals surface area contributed by atoms with E-state index < -0.39 is 16.8 Å². The number of ether oxygens (including phenoxy) is 2. The summed E-state index contributed by atoms with van der Waals surface area (Å²) in [6, 6.07) is 20.1. The number of halogens is 2. The van der Waals surface area contributed by atoms with E-state index >= 15 is 0 Å². The lowest BCUT2D eigenvalue weighted by molar-refractivity contribution is 0.0117. The Bertz CT molecular complexity index is 2990. The molecule has 3 fully saturated rings. The molecule has 16 heteroatoms. The number of piperazine rings is 2. The summed E-state index contributed by atoms with van der Waals surface area (Å²) in [5.74, 6) is 0. The fourth-order valence-corrected chi connectivity index (χ4v) is 10.9. The fourth-order valence-electron chi connectivity index (χ4n) is 10.6. The molecule has 0 spiro atoms. The van der Waals surface area contributed by atoms with Crippen LogP contribution in [0.2, 0.25) is 10.0 Å². The Morgan fingerprint density at radius 3 is 1.81 bits per heavy atom. The number of imidazole rings is 2. The molecule has 1 N–H and O–H groups in total. The number of amides is 1. The van der Waals surface area contributed by atoms with Crippen LogP contribution in [0.1, 0.15) is 95.9 Å². The van der Waals surface area contributed by atoms with Crippen LogP contribution in [-0.2, 0) is 34.8 Å². The number of benzene rings is 2. The second-order valence-corrected chi connectivity index (χ2v) is 21.0. The van der Waals surface area contributed by atoms with Crippen LogP contribution in [0.25, 0.3) is 23.3 Å². The highest BCUT2D eigenvalue weighted by atomic mass is 35.5. The molecule has 0 radical (unpaired) electrons. The maximum absolute atomic E-state index is 12.7. The van der Waals surface area contributed by atoms with Gasteiger partial charge in [0.2, 0.25) is 0 Å². The number of carbonyl (C=O) groups is 1. The van der Waals surface area contributed by atoms with Gasteiger partial charge in [-0.15, -0.1) is 0 Å². The number of fused-ring (bicyclic) bond motifs is 4. The van der Waals surface area contributed by atoms with Crippen molar-refractivity contribution in [1.29, 1.82) is 0 Å². The number of epoxide rings is 1. The number of hydrogen-bond donors (Lipinski definition) is 1. The predicted molar refractivity (Wildman–Crippen MR) is 273 cm³/mol. The van der Waals surface area contributed by atoms with Gasteiger partial charge in [-0.1, -0.05) is 47.5 Å². The number of hydrogen-bond acceptors (Lipinski definition) is 11. The van der Waals surface area contributed by atoms with Crippen molar-refractivity contribution >= 4 is 52.6 Å². The van der Waals surface area contributed by atoms with Crippen molar-refractivity contribution in [1.82, 2.24) is 48.7 Å². The summed E-state index contributed by atoms with van der Waals surface area (Å²) in [6.07, 6.45) is 14.8. The second-order valence-electron chi connectivity index (χ2n) is 20.2. The Kier molecular flexibility index (Phi) is 12.9. The van der Waals surface area contributed by atoms with E-state index in [4.69, 9.17) is 42.6 Å².